The highest BCUT2D eigenvalue weighted by atomic mass is 19.1. The predicted octanol–water partition coefficient (Wildman–Crippen LogP) is -0.738. The zero-order valence-electron chi connectivity index (χ0n) is 6.43. The summed E-state index contributed by atoms with van der Waals surface area (Å²) in [6.45, 7) is 1.40. The first-order valence-corrected chi connectivity index (χ1v) is 3.49. The van der Waals surface area contributed by atoms with E-state index < -0.39 is 23.8 Å². The molecule has 0 spiro atoms. The summed E-state index contributed by atoms with van der Waals surface area (Å²) in [5.41, 5.74) is -2.41. The molecule has 0 saturated carbocycles. The van der Waals surface area contributed by atoms with Crippen LogP contribution in [0.4, 0.5) is 9.18 Å². The van der Waals surface area contributed by atoms with Gasteiger partial charge in [-0.1, -0.05) is 6.92 Å². The van der Waals surface area contributed by atoms with Gasteiger partial charge in [-0.05, 0) is 6.42 Å². The van der Waals surface area contributed by atoms with Gasteiger partial charge < -0.3 is 10.4 Å². The highest BCUT2D eigenvalue weighted by Crippen LogP contribution is 2.21. The number of hydrogen-bond acceptors (Lipinski definition) is 3. The number of hydrogen-bond donors (Lipinski definition) is 3. The lowest BCUT2D eigenvalue weighted by atomic mass is 9.98. The summed E-state index contributed by atoms with van der Waals surface area (Å²) in [6.07, 6.45) is -1.95. The average Bonchev–Trinajstić information content (AvgIpc) is 2.00. The maximum Gasteiger partial charge on any atom is 0.323 e. The summed E-state index contributed by atoms with van der Waals surface area (Å²) >= 11 is 0. The van der Waals surface area contributed by atoms with Gasteiger partial charge in [-0.15, -0.1) is 0 Å². The van der Waals surface area contributed by atoms with Gasteiger partial charge in [0.05, 0.1) is 0 Å². The van der Waals surface area contributed by atoms with E-state index in [1.54, 1.807) is 5.32 Å². The van der Waals surface area contributed by atoms with Gasteiger partial charge in [0.25, 0.3) is 5.91 Å². The maximum absolute atomic E-state index is 13.4. The molecule has 68 valence electrons. The zero-order chi connectivity index (χ0) is 9.35. The molecule has 1 heterocycles. The quantitative estimate of drug-likeness (QED) is 0.492. The molecule has 6 heteroatoms. The number of amides is 3. The topological polar surface area (TPSA) is 78.4 Å². The number of rotatable bonds is 1. The SMILES string of the molecule is CC[C@]1(F)C(=O)NC(=O)N[C@@H]1O. The van der Waals surface area contributed by atoms with Gasteiger partial charge in [-0.3, -0.25) is 10.1 Å². The Morgan fingerprint density at radius 3 is 2.67 bits per heavy atom. The summed E-state index contributed by atoms with van der Waals surface area (Å²) in [4.78, 5) is 21.4. The van der Waals surface area contributed by atoms with Gasteiger partial charge in [-0.25, -0.2) is 9.18 Å². The van der Waals surface area contributed by atoms with E-state index in [0.29, 0.717) is 0 Å². The van der Waals surface area contributed by atoms with Crippen LogP contribution in [0.15, 0.2) is 0 Å². The van der Waals surface area contributed by atoms with Crippen LogP contribution >= 0.6 is 0 Å². The van der Waals surface area contributed by atoms with E-state index in [4.69, 9.17) is 5.11 Å². The van der Waals surface area contributed by atoms with E-state index in [1.807, 2.05) is 5.32 Å². The first-order valence-electron chi connectivity index (χ1n) is 3.49. The summed E-state index contributed by atoms with van der Waals surface area (Å²) in [7, 11) is 0. The predicted molar refractivity (Wildman–Crippen MR) is 36.8 cm³/mol. The average molecular weight is 176 g/mol. The lowest BCUT2D eigenvalue weighted by molar-refractivity contribution is -0.144. The van der Waals surface area contributed by atoms with Crippen molar-refractivity contribution in [2.75, 3.05) is 0 Å². The summed E-state index contributed by atoms with van der Waals surface area (Å²) in [5, 5.41) is 12.6. The molecule has 1 saturated heterocycles. The Kier molecular flexibility index (Phi) is 2.01. The number of carbonyl (C=O) groups is 2. The van der Waals surface area contributed by atoms with Crippen LogP contribution in [0.3, 0.4) is 0 Å². The Bertz CT molecular complexity index is 233. The second kappa shape index (κ2) is 2.71. The molecule has 1 rings (SSSR count). The second-order valence-corrected chi connectivity index (χ2v) is 2.55. The van der Waals surface area contributed by atoms with Crippen LogP contribution in [0, 0.1) is 0 Å². The number of urea groups is 1. The molecule has 0 aromatic carbocycles. The fraction of sp³-hybridized carbons (Fsp3) is 0.667. The Morgan fingerprint density at radius 1 is 1.67 bits per heavy atom. The molecule has 2 atom stereocenters. The highest BCUT2D eigenvalue weighted by molar-refractivity contribution is 6.01. The number of carbonyl (C=O) groups excluding carboxylic acids is 2. The molecule has 1 aliphatic rings. The Labute approximate surface area is 67.9 Å². The van der Waals surface area contributed by atoms with E-state index >= 15 is 0 Å². The van der Waals surface area contributed by atoms with Crippen LogP contribution in [0.25, 0.3) is 0 Å². The molecule has 1 aliphatic heterocycles. The van der Waals surface area contributed by atoms with Crippen LogP contribution < -0.4 is 10.6 Å². The van der Waals surface area contributed by atoms with Crippen LogP contribution in [-0.2, 0) is 4.79 Å². The molecule has 0 unspecified atom stereocenters. The molecule has 3 N–H and O–H groups in total. The molecule has 0 aromatic heterocycles. The standard InChI is InChI=1S/C6H9FN2O3/c1-2-6(7)3(10)8-5(12)9-4(6)11/h3,10H,2H2,1H3,(H2,8,9,11,12)/t3-,6-/m1/s1. The van der Waals surface area contributed by atoms with E-state index in [2.05, 4.69) is 0 Å². The van der Waals surface area contributed by atoms with Crippen molar-refractivity contribution in [1.82, 2.24) is 10.6 Å². The number of halogens is 1. The molecular formula is C6H9FN2O3. The fourth-order valence-electron chi connectivity index (χ4n) is 0.960. The maximum atomic E-state index is 13.4. The minimum absolute atomic E-state index is 0.194. The number of aliphatic hydroxyl groups is 1. The van der Waals surface area contributed by atoms with Gasteiger partial charge in [-0.2, -0.15) is 0 Å². The van der Waals surface area contributed by atoms with Crippen LogP contribution in [0.2, 0.25) is 0 Å². The van der Waals surface area contributed by atoms with Crippen molar-refractivity contribution in [3.05, 3.63) is 0 Å². The Balaban J connectivity index is 2.87. The normalized spacial score (nSPS) is 35.8. The molecule has 0 radical (unpaired) electrons. The fourth-order valence-corrected chi connectivity index (χ4v) is 0.960. The minimum atomic E-state index is -2.41. The molecule has 0 bridgehead atoms. The summed E-state index contributed by atoms with van der Waals surface area (Å²) < 4.78 is 13.4. The molecule has 1 fully saturated rings. The largest absolute Gasteiger partial charge is 0.370 e. The van der Waals surface area contributed by atoms with Crippen molar-refractivity contribution in [3.63, 3.8) is 0 Å². The molecule has 3 amide bonds. The van der Waals surface area contributed by atoms with E-state index in [9.17, 15) is 14.0 Å². The third-order valence-electron chi connectivity index (χ3n) is 1.82. The summed E-state index contributed by atoms with van der Waals surface area (Å²) in [5.74, 6) is -1.10. The third kappa shape index (κ3) is 1.14. The van der Waals surface area contributed by atoms with Gasteiger partial charge in [0.1, 0.15) is 0 Å². The zero-order valence-corrected chi connectivity index (χ0v) is 6.43. The number of nitrogens with one attached hydrogen (secondary N) is 2. The first-order chi connectivity index (χ1) is 5.50. The van der Waals surface area contributed by atoms with E-state index in [1.165, 1.54) is 6.92 Å². The van der Waals surface area contributed by atoms with E-state index in [0.717, 1.165) is 0 Å². The van der Waals surface area contributed by atoms with Crippen LogP contribution in [-0.4, -0.2) is 28.9 Å². The van der Waals surface area contributed by atoms with Crippen molar-refractivity contribution in [3.8, 4) is 0 Å². The molecule has 0 aliphatic carbocycles. The number of aliphatic hydroxyl groups excluding tert-OH is 1. The highest BCUT2D eigenvalue weighted by Gasteiger charge is 2.49. The van der Waals surface area contributed by atoms with Gasteiger partial charge >= 0.3 is 6.03 Å². The molecular weight excluding hydrogens is 167 g/mol. The van der Waals surface area contributed by atoms with Crippen molar-refractivity contribution in [2.24, 2.45) is 0 Å². The van der Waals surface area contributed by atoms with E-state index in [-0.39, 0.29) is 6.42 Å². The third-order valence-corrected chi connectivity index (χ3v) is 1.82. The smallest absolute Gasteiger partial charge is 0.323 e. The lowest BCUT2D eigenvalue weighted by Crippen LogP contribution is -2.66. The number of imide groups is 1. The Morgan fingerprint density at radius 2 is 2.25 bits per heavy atom. The minimum Gasteiger partial charge on any atom is -0.370 e. The van der Waals surface area contributed by atoms with Crippen molar-refractivity contribution in [1.29, 1.82) is 0 Å². The van der Waals surface area contributed by atoms with Crippen molar-refractivity contribution < 1.29 is 19.1 Å². The monoisotopic (exact) mass is 176 g/mol. The lowest BCUT2D eigenvalue weighted by Gasteiger charge is -2.32. The second-order valence-electron chi connectivity index (χ2n) is 2.55. The van der Waals surface area contributed by atoms with Gasteiger partial charge in [0, 0.05) is 0 Å². The van der Waals surface area contributed by atoms with Crippen LogP contribution in [0.1, 0.15) is 13.3 Å². The number of alkyl halides is 1. The molecule has 5 nitrogen and oxygen atoms in total. The molecule has 0 aromatic rings. The first kappa shape index (κ1) is 8.92. The Hall–Kier alpha value is -1.17. The van der Waals surface area contributed by atoms with Crippen LogP contribution in [0.5, 0.6) is 0 Å². The van der Waals surface area contributed by atoms with Gasteiger partial charge in [0.15, 0.2) is 6.23 Å². The van der Waals surface area contributed by atoms with Gasteiger partial charge in [0.2, 0.25) is 5.67 Å². The summed E-state index contributed by atoms with van der Waals surface area (Å²) in [6, 6.07) is -0.880. The van der Waals surface area contributed by atoms with Crippen molar-refractivity contribution in [2.45, 2.75) is 25.2 Å². The van der Waals surface area contributed by atoms with Crippen molar-refractivity contribution >= 4 is 11.9 Å². The molecule has 12 heavy (non-hydrogen) atoms.